The van der Waals surface area contributed by atoms with Crippen molar-refractivity contribution in [2.75, 3.05) is 7.11 Å². The van der Waals surface area contributed by atoms with Gasteiger partial charge in [0.25, 0.3) is 0 Å². The van der Waals surface area contributed by atoms with Crippen molar-refractivity contribution in [1.29, 1.82) is 0 Å². The molecule has 0 aliphatic carbocycles. The molecule has 3 N–H and O–H groups in total. The zero-order valence-corrected chi connectivity index (χ0v) is 8.42. The van der Waals surface area contributed by atoms with Crippen molar-refractivity contribution in [2.45, 2.75) is 12.2 Å². The number of carboxylic acids is 1. The normalized spacial score (nSPS) is 14.2. The maximum absolute atomic E-state index is 13.0. The fraction of sp³-hybridized carbons (Fsp3) is 0.300. The molecule has 5 nitrogen and oxygen atoms in total. The molecule has 6 heteroatoms. The molecule has 0 aromatic heterocycles. The van der Waals surface area contributed by atoms with E-state index in [1.165, 1.54) is 13.2 Å². The number of carbonyl (C=O) groups is 1. The molecule has 0 spiro atoms. The smallest absolute Gasteiger partial charge is 0.335 e. The van der Waals surface area contributed by atoms with Crippen molar-refractivity contribution in [3.63, 3.8) is 0 Å². The summed E-state index contributed by atoms with van der Waals surface area (Å²) in [6, 6.07) is 3.25. The Hall–Kier alpha value is -1.66. The largest absolute Gasteiger partial charge is 0.497 e. The Bertz CT molecular complexity index is 393. The van der Waals surface area contributed by atoms with Crippen molar-refractivity contribution in [1.82, 2.24) is 0 Å². The Balaban J connectivity index is 3.03. The van der Waals surface area contributed by atoms with Gasteiger partial charge >= 0.3 is 5.97 Å². The van der Waals surface area contributed by atoms with Crippen LogP contribution in [-0.4, -0.2) is 34.5 Å². The summed E-state index contributed by atoms with van der Waals surface area (Å²) in [7, 11) is 1.30. The molecule has 0 saturated carbocycles. The predicted octanol–water partition coefficient (Wildman–Crippen LogP) is 0.313. The first-order valence-electron chi connectivity index (χ1n) is 4.39. The molecule has 0 radical (unpaired) electrons. The average molecular weight is 230 g/mol. The minimum atomic E-state index is -2.01. The minimum Gasteiger partial charge on any atom is -0.497 e. The molecule has 1 rings (SSSR count). The van der Waals surface area contributed by atoms with Gasteiger partial charge in [-0.25, -0.2) is 9.18 Å². The van der Waals surface area contributed by atoms with Gasteiger partial charge in [0, 0.05) is 6.07 Å². The lowest BCUT2D eigenvalue weighted by Gasteiger charge is -2.15. The van der Waals surface area contributed by atoms with E-state index in [-0.39, 0.29) is 11.3 Å². The van der Waals surface area contributed by atoms with Crippen LogP contribution in [0.5, 0.6) is 5.75 Å². The highest BCUT2D eigenvalue weighted by Gasteiger charge is 2.25. The second kappa shape index (κ2) is 4.91. The summed E-state index contributed by atoms with van der Waals surface area (Å²) in [6.07, 6.45) is -3.71. The van der Waals surface area contributed by atoms with Gasteiger partial charge in [0.1, 0.15) is 17.7 Å². The molecular weight excluding hydrogens is 219 g/mol. The van der Waals surface area contributed by atoms with Gasteiger partial charge in [0.2, 0.25) is 0 Å². The highest BCUT2D eigenvalue weighted by molar-refractivity contribution is 5.73. The maximum Gasteiger partial charge on any atom is 0.335 e. The number of rotatable bonds is 4. The lowest BCUT2D eigenvalue weighted by molar-refractivity contribution is -0.153. The fourth-order valence-electron chi connectivity index (χ4n) is 1.19. The third-order valence-corrected chi connectivity index (χ3v) is 2.02. The summed E-state index contributed by atoms with van der Waals surface area (Å²) in [5.74, 6) is -2.15. The van der Waals surface area contributed by atoms with Crippen LogP contribution >= 0.6 is 0 Å². The van der Waals surface area contributed by atoms with E-state index in [4.69, 9.17) is 14.9 Å². The summed E-state index contributed by atoms with van der Waals surface area (Å²) in [5.41, 5.74) is -0.0632. The monoisotopic (exact) mass is 230 g/mol. The molecule has 0 amide bonds. The van der Waals surface area contributed by atoms with E-state index >= 15 is 0 Å². The zero-order valence-electron chi connectivity index (χ0n) is 8.42. The van der Waals surface area contributed by atoms with Gasteiger partial charge in [0.15, 0.2) is 6.10 Å². The van der Waals surface area contributed by atoms with Crippen LogP contribution in [0.2, 0.25) is 0 Å². The third kappa shape index (κ3) is 2.68. The highest BCUT2D eigenvalue weighted by Crippen LogP contribution is 2.23. The Morgan fingerprint density at radius 3 is 2.50 bits per heavy atom. The Kier molecular flexibility index (Phi) is 3.81. The Morgan fingerprint density at radius 2 is 2.00 bits per heavy atom. The number of benzene rings is 1. The topological polar surface area (TPSA) is 87.0 Å². The number of halogens is 1. The first-order valence-corrected chi connectivity index (χ1v) is 4.39. The molecule has 0 aliphatic heterocycles. The second-order valence-electron chi connectivity index (χ2n) is 3.15. The highest BCUT2D eigenvalue weighted by atomic mass is 19.1. The molecule has 2 unspecified atom stereocenters. The molecule has 1 aromatic rings. The Labute approximate surface area is 90.7 Å². The number of hydrogen-bond donors (Lipinski definition) is 3. The van der Waals surface area contributed by atoms with E-state index < -0.39 is 24.0 Å². The molecule has 0 heterocycles. The SMILES string of the molecule is COc1cc(F)cc(C(O)C(O)C(=O)O)c1. The van der Waals surface area contributed by atoms with E-state index in [9.17, 15) is 14.3 Å². The lowest BCUT2D eigenvalue weighted by atomic mass is 10.0. The van der Waals surface area contributed by atoms with Crippen molar-refractivity contribution < 1.29 is 29.2 Å². The molecular formula is C10H11FO5. The number of methoxy groups -OCH3 is 1. The number of carboxylic acid groups (broad SMARTS) is 1. The molecule has 0 bridgehead atoms. The van der Waals surface area contributed by atoms with E-state index in [0.29, 0.717) is 0 Å². The molecule has 88 valence electrons. The summed E-state index contributed by atoms with van der Waals surface area (Å²) < 4.78 is 17.8. The van der Waals surface area contributed by atoms with E-state index in [1.807, 2.05) is 0 Å². The van der Waals surface area contributed by atoms with Crippen LogP contribution in [0.1, 0.15) is 11.7 Å². The third-order valence-electron chi connectivity index (χ3n) is 2.02. The van der Waals surface area contributed by atoms with Crippen LogP contribution in [0.15, 0.2) is 18.2 Å². The van der Waals surface area contributed by atoms with Gasteiger partial charge < -0.3 is 20.1 Å². The first kappa shape index (κ1) is 12.4. The van der Waals surface area contributed by atoms with Gasteiger partial charge in [-0.3, -0.25) is 0 Å². The Morgan fingerprint density at radius 1 is 1.38 bits per heavy atom. The lowest BCUT2D eigenvalue weighted by Crippen LogP contribution is -2.27. The van der Waals surface area contributed by atoms with E-state index in [1.54, 1.807) is 0 Å². The number of aliphatic hydroxyl groups is 2. The summed E-state index contributed by atoms with van der Waals surface area (Å²) in [6.45, 7) is 0. The van der Waals surface area contributed by atoms with Gasteiger partial charge in [0.05, 0.1) is 7.11 Å². The fourth-order valence-corrected chi connectivity index (χ4v) is 1.19. The van der Waals surface area contributed by atoms with Gasteiger partial charge in [-0.1, -0.05) is 0 Å². The number of ether oxygens (including phenoxy) is 1. The van der Waals surface area contributed by atoms with Crippen molar-refractivity contribution in [2.24, 2.45) is 0 Å². The maximum atomic E-state index is 13.0. The van der Waals surface area contributed by atoms with Crippen LogP contribution in [0.25, 0.3) is 0 Å². The summed E-state index contributed by atoms with van der Waals surface area (Å²) >= 11 is 0. The predicted molar refractivity (Wildman–Crippen MR) is 51.6 cm³/mol. The molecule has 0 aliphatic rings. The molecule has 1 aromatic carbocycles. The average Bonchev–Trinajstić information content (AvgIpc) is 2.25. The minimum absolute atomic E-state index is 0.0632. The van der Waals surface area contributed by atoms with Crippen LogP contribution < -0.4 is 4.74 Å². The van der Waals surface area contributed by atoms with E-state index in [0.717, 1.165) is 12.1 Å². The van der Waals surface area contributed by atoms with Crippen molar-refractivity contribution in [3.05, 3.63) is 29.6 Å². The number of aliphatic carboxylic acids is 1. The number of hydrogen-bond acceptors (Lipinski definition) is 4. The van der Waals surface area contributed by atoms with E-state index in [2.05, 4.69) is 0 Å². The molecule has 0 saturated heterocycles. The van der Waals surface area contributed by atoms with Crippen molar-refractivity contribution >= 4 is 5.97 Å². The standard InChI is InChI=1S/C10H11FO5/c1-16-7-3-5(2-6(11)4-7)8(12)9(13)10(14)15/h2-4,8-9,12-13H,1H3,(H,14,15). The quantitative estimate of drug-likeness (QED) is 0.693. The zero-order chi connectivity index (χ0) is 12.3. The molecule has 0 fully saturated rings. The molecule has 2 atom stereocenters. The summed E-state index contributed by atoms with van der Waals surface area (Å²) in [5, 5.41) is 27.0. The number of aliphatic hydroxyl groups excluding tert-OH is 2. The van der Waals surface area contributed by atoms with Crippen LogP contribution in [-0.2, 0) is 4.79 Å². The second-order valence-corrected chi connectivity index (χ2v) is 3.15. The van der Waals surface area contributed by atoms with Crippen LogP contribution in [0.4, 0.5) is 4.39 Å². The van der Waals surface area contributed by atoms with Crippen molar-refractivity contribution in [3.8, 4) is 5.75 Å². The van der Waals surface area contributed by atoms with Gasteiger partial charge in [-0.05, 0) is 17.7 Å². The van der Waals surface area contributed by atoms with Crippen LogP contribution in [0, 0.1) is 5.82 Å². The van der Waals surface area contributed by atoms with Gasteiger partial charge in [-0.2, -0.15) is 0 Å². The van der Waals surface area contributed by atoms with Gasteiger partial charge in [-0.15, -0.1) is 0 Å². The van der Waals surface area contributed by atoms with Crippen LogP contribution in [0.3, 0.4) is 0 Å². The molecule has 16 heavy (non-hydrogen) atoms. The summed E-state index contributed by atoms with van der Waals surface area (Å²) in [4.78, 5) is 10.4. The first-order chi connectivity index (χ1) is 7.45.